The van der Waals surface area contributed by atoms with E-state index in [4.69, 9.17) is 23.2 Å². The molecule has 0 radical (unpaired) electrons. The van der Waals surface area contributed by atoms with Crippen LogP contribution < -0.4 is 5.32 Å². The normalized spacial score (nSPS) is 15.4. The number of aromatic hydroxyl groups is 1. The summed E-state index contributed by atoms with van der Waals surface area (Å²) >= 11 is 11.7. The number of amides is 1. The summed E-state index contributed by atoms with van der Waals surface area (Å²) in [6.45, 7) is 0. The number of anilines is 1. The number of phenols is 1. The minimum atomic E-state index is -0.327. The molecule has 0 saturated carbocycles. The van der Waals surface area contributed by atoms with Crippen LogP contribution in [0.1, 0.15) is 11.1 Å². The van der Waals surface area contributed by atoms with Crippen molar-refractivity contribution in [3.05, 3.63) is 57.6 Å². The van der Waals surface area contributed by atoms with Crippen LogP contribution in [0.4, 0.5) is 5.69 Å². The lowest BCUT2D eigenvalue weighted by molar-refractivity contribution is -0.110. The fourth-order valence-electron chi connectivity index (χ4n) is 2.03. The van der Waals surface area contributed by atoms with Crippen LogP contribution in [0.25, 0.3) is 0 Å². The second-order valence-electron chi connectivity index (χ2n) is 4.52. The standard InChI is InChI=1S/C15H9Cl2N3O2/c16-9-5-8(14(21)11(17)6-9)7-18-20-13-10-3-1-2-4-12(10)19-15(13)22/h1-7,21H,(H,19,20,22). The third-order valence-corrected chi connectivity index (χ3v) is 3.56. The van der Waals surface area contributed by atoms with E-state index in [0.29, 0.717) is 21.8 Å². The maximum absolute atomic E-state index is 11.8. The number of carbonyl (C=O) groups is 1. The Morgan fingerprint density at radius 1 is 1.18 bits per heavy atom. The maximum atomic E-state index is 11.8. The summed E-state index contributed by atoms with van der Waals surface area (Å²) in [7, 11) is 0. The number of rotatable bonds is 2. The zero-order valence-corrected chi connectivity index (χ0v) is 12.6. The van der Waals surface area contributed by atoms with E-state index < -0.39 is 0 Å². The van der Waals surface area contributed by atoms with E-state index in [-0.39, 0.29) is 22.4 Å². The zero-order valence-electron chi connectivity index (χ0n) is 11.0. The molecule has 2 aromatic carbocycles. The first-order valence-corrected chi connectivity index (χ1v) is 7.01. The fraction of sp³-hybridized carbons (Fsp3) is 0. The Labute approximate surface area is 135 Å². The van der Waals surface area contributed by atoms with Gasteiger partial charge in [-0.1, -0.05) is 41.4 Å². The second kappa shape index (κ2) is 5.79. The van der Waals surface area contributed by atoms with Crippen molar-refractivity contribution < 1.29 is 9.90 Å². The largest absolute Gasteiger partial charge is 0.506 e. The minimum Gasteiger partial charge on any atom is -0.506 e. The number of benzene rings is 2. The van der Waals surface area contributed by atoms with Gasteiger partial charge < -0.3 is 10.4 Å². The van der Waals surface area contributed by atoms with Crippen LogP contribution in [0.15, 0.2) is 46.6 Å². The first kappa shape index (κ1) is 14.6. The molecule has 1 aliphatic rings. The Hall–Kier alpha value is -2.37. The number of hydrogen-bond acceptors (Lipinski definition) is 4. The van der Waals surface area contributed by atoms with Gasteiger partial charge in [0.1, 0.15) is 5.75 Å². The van der Waals surface area contributed by atoms with Crippen molar-refractivity contribution in [1.82, 2.24) is 0 Å². The predicted molar refractivity (Wildman–Crippen MR) is 87.3 cm³/mol. The first-order valence-electron chi connectivity index (χ1n) is 6.26. The van der Waals surface area contributed by atoms with Gasteiger partial charge in [0.2, 0.25) is 0 Å². The van der Waals surface area contributed by atoms with Gasteiger partial charge in [-0.2, -0.15) is 5.10 Å². The molecule has 0 aromatic heterocycles. The highest BCUT2D eigenvalue weighted by Crippen LogP contribution is 2.30. The Kier molecular flexibility index (Phi) is 3.83. The van der Waals surface area contributed by atoms with Crippen LogP contribution in [-0.2, 0) is 4.79 Å². The Morgan fingerprint density at radius 2 is 1.95 bits per heavy atom. The van der Waals surface area contributed by atoms with Crippen LogP contribution in [0, 0.1) is 0 Å². The van der Waals surface area contributed by atoms with Crippen LogP contribution in [0.2, 0.25) is 10.0 Å². The Balaban J connectivity index is 1.93. The summed E-state index contributed by atoms with van der Waals surface area (Å²) in [5, 5.41) is 20.7. The third-order valence-electron chi connectivity index (χ3n) is 3.06. The van der Waals surface area contributed by atoms with Gasteiger partial charge in [-0.25, -0.2) is 0 Å². The van der Waals surface area contributed by atoms with E-state index in [2.05, 4.69) is 15.5 Å². The van der Waals surface area contributed by atoms with Crippen molar-refractivity contribution in [1.29, 1.82) is 0 Å². The first-order chi connectivity index (χ1) is 10.6. The van der Waals surface area contributed by atoms with Crippen LogP contribution in [0.3, 0.4) is 0 Å². The summed E-state index contributed by atoms with van der Waals surface area (Å²) in [6, 6.07) is 10.1. The molecule has 1 aliphatic heterocycles. The van der Waals surface area contributed by atoms with E-state index >= 15 is 0 Å². The molecule has 0 fully saturated rings. The average Bonchev–Trinajstić information content (AvgIpc) is 2.80. The lowest BCUT2D eigenvalue weighted by Crippen LogP contribution is -2.13. The van der Waals surface area contributed by atoms with Crippen LogP contribution in [0.5, 0.6) is 5.75 Å². The topological polar surface area (TPSA) is 74.0 Å². The molecule has 0 bridgehead atoms. The van der Waals surface area contributed by atoms with E-state index in [0.717, 1.165) is 0 Å². The summed E-state index contributed by atoms with van der Waals surface area (Å²) in [6.07, 6.45) is 1.29. The highest BCUT2D eigenvalue weighted by molar-refractivity contribution is 6.53. The number of para-hydroxylation sites is 1. The number of carbonyl (C=O) groups excluding carboxylic acids is 1. The molecular formula is C15H9Cl2N3O2. The molecular weight excluding hydrogens is 325 g/mol. The molecule has 22 heavy (non-hydrogen) atoms. The van der Waals surface area contributed by atoms with Gasteiger partial charge in [0, 0.05) is 16.1 Å². The smallest absolute Gasteiger partial charge is 0.276 e. The Morgan fingerprint density at radius 3 is 2.77 bits per heavy atom. The predicted octanol–water partition coefficient (Wildman–Crippen LogP) is 3.47. The summed E-state index contributed by atoms with van der Waals surface area (Å²) < 4.78 is 0. The molecule has 0 unspecified atom stereocenters. The molecule has 0 saturated heterocycles. The molecule has 5 nitrogen and oxygen atoms in total. The summed E-state index contributed by atoms with van der Waals surface area (Å²) in [5.41, 5.74) is 1.89. The SMILES string of the molecule is O=C1Nc2ccccc2/C1=N/N=Cc1cc(Cl)cc(Cl)c1O. The average molecular weight is 334 g/mol. The molecule has 2 N–H and O–H groups in total. The summed E-state index contributed by atoms with van der Waals surface area (Å²) in [5.74, 6) is -0.474. The highest BCUT2D eigenvalue weighted by Gasteiger charge is 2.25. The summed E-state index contributed by atoms with van der Waals surface area (Å²) in [4.78, 5) is 11.8. The molecule has 7 heteroatoms. The van der Waals surface area contributed by atoms with Crippen molar-refractivity contribution in [2.75, 3.05) is 5.32 Å². The van der Waals surface area contributed by atoms with Crippen molar-refractivity contribution in [3.63, 3.8) is 0 Å². The van der Waals surface area contributed by atoms with Crippen LogP contribution in [-0.4, -0.2) is 22.9 Å². The Bertz CT molecular complexity index is 832. The van der Waals surface area contributed by atoms with Crippen LogP contribution >= 0.6 is 23.2 Å². The second-order valence-corrected chi connectivity index (χ2v) is 5.36. The molecule has 0 atom stereocenters. The zero-order chi connectivity index (χ0) is 15.7. The van der Waals surface area contributed by atoms with E-state index in [1.807, 2.05) is 6.07 Å². The van der Waals surface area contributed by atoms with Gasteiger partial charge >= 0.3 is 0 Å². The van der Waals surface area contributed by atoms with Gasteiger partial charge in [0.05, 0.1) is 16.9 Å². The molecule has 110 valence electrons. The van der Waals surface area contributed by atoms with Gasteiger partial charge in [0.15, 0.2) is 5.71 Å². The molecule has 2 aromatic rings. The van der Waals surface area contributed by atoms with E-state index in [1.54, 1.807) is 18.2 Å². The van der Waals surface area contributed by atoms with Crippen molar-refractivity contribution >= 4 is 46.7 Å². The maximum Gasteiger partial charge on any atom is 0.276 e. The lowest BCUT2D eigenvalue weighted by Gasteiger charge is -2.01. The number of nitrogens with one attached hydrogen (secondary N) is 1. The van der Waals surface area contributed by atoms with Gasteiger partial charge in [-0.15, -0.1) is 5.10 Å². The third kappa shape index (κ3) is 2.68. The molecule has 0 aliphatic carbocycles. The molecule has 3 rings (SSSR count). The van der Waals surface area contributed by atoms with Gasteiger partial charge in [-0.3, -0.25) is 4.79 Å². The van der Waals surface area contributed by atoms with E-state index in [9.17, 15) is 9.90 Å². The van der Waals surface area contributed by atoms with Gasteiger partial charge in [-0.05, 0) is 18.2 Å². The minimum absolute atomic E-state index is 0.116. The monoisotopic (exact) mass is 333 g/mol. The van der Waals surface area contributed by atoms with Crippen molar-refractivity contribution in [2.45, 2.75) is 0 Å². The van der Waals surface area contributed by atoms with E-state index in [1.165, 1.54) is 18.3 Å². The molecule has 1 amide bonds. The molecule has 1 heterocycles. The van der Waals surface area contributed by atoms with Gasteiger partial charge in [0.25, 0.3) is 5.91 Å². The number of hydrogen-bond donors (Lipinski definition) is 2. The number of phenolic OH excluding ortho intramolecular Hbond substituents is 1. The highest BCUT2D eigenvalue weighted by atomic mass is 35.5. The number of nitrogens with zero attached hydrogens (tertiary/aromatic N) is 2. The molecule has 0 spiro atoms. The van der Waals surface area contributed by atoms with Crippen molar-refractivity contribution in [2.24, 2.45) is 10.2 Å². The quantitative estimate of drug-likeness (QED) is 0.652. The number of fused-ring (bicyclic) bond motifs is 1. The lowest BCUT2D eigenvalue weighted by atomic mass is 10.1. The van der Waals surface area contributed by atoms with Crippen molar-refractivity contribution in [3.8, 4) is 5.75 Å². The number of halogens is 2. The fourth-order valence-corrected chi connectivity index (χ4v) is 2.54.